The molecule has 0 aliphatic rings. The quantitative estimate of drug-likeness (QED) is 0.697. The molecule has 0 aliphatic carbocycles. The molecule has 0 aromatic carbocycles. The van der Waals surface area contributed by atoms with Crippen LogP contribution in [0.2, 0.25) is 0 Å². The third-order valence-electron chi connectivity index (χ3n) is 1.57. The molecule has 0 radical (unpaired) electrons. The number of pyridine rings is 1. The first kappa shape index (κ1) is 12.6. The van der Waals surface area contributed by atoms with Crippen LogP contribution < -0.4 is 0 Å². The largest absolute Gasteiger partial charge is 0.278 e. The molecule has 0 aliphatic heterocycles. The molecule has 0 unspecified atom stereocenters. The number of rotatable bonds is 0. The smallest absolute Gasteiger partial charge is 0.0683 e. The lowest BCUT2D eigenvalue weighted by Gasteiger charge is -1.89. The number of hydrogen-bond acceptors (Lipinski definition) is 2. The van der Waals surface area contributed by atoms with Crippen LogP contribution in [0.25, 0.3) is 10.9 Å². The first-order valence-corrected chi connectivity index (χ1v) is 5.12. The summed E-state index contributed by atoms with van der Waals surface area (Å²) in [5, 5.41) is 7.87. The van der Waals surface area contributed by atoms with Crippen molar-refractivity contribution in [2.24, 2.45) is 0 Å². The summed E-state index contributed by atoms with van der Waals surface area (Å²) in [6, 6.07) is 1.91. The Hall–Kier alpha value is -1.38. The van der Waals surface area contributed by atoms with Crippen LogP contribution in [0.3, 0.4) is 0 Å². The SMILES string of the molecule is CC.CC.Cc1nccc2[nH]ncc12. The lowest BCUT2D eigenvalue weighted by atomic mass is 10.3. The van der Waals surface area contributed by atoms with Crippen LogP contribution in [-0.4, -0.2) is 15.2 Å². The molecule has 2 rings (SSSR count). The van der Waals surface area contributed by atoms with Crippen LogP contribution in [-0.2, 0) is 0 Å². The van der Waals surface area contributed by atoms with Crippen molar-refractivity contribution < 1.29 is 0 Å². The van der Waals surface area contributed by atoms with E-state index in [-0.39, 0.29) is 0 Å². The van der Waals surface area contributed by atoms with Crippen molar-refractivity contribution in [3.8, 4) is 0 Å². The van der Waals surface area contributed by atoms with Crippen molar-refractivity contribution in [2.75, 3.05) is 0 Å². The molecule has 3 heteroatoms. The first-order valence-electron chi connectivity index (χ1n) is 5.12. The molecule has 3 nitrogen and oxygen atoms in total. The molecule has 0 spiro atoms. The summed E-state index contributed by atoms with van der Waals surface area (Å²) in [7, 11) is 0. The molecule has 0 bridgehead atoms. The molecule has 2 aromatic rings. The van der Waals surface area contributed by atoms with Gasteiger partial charge in [-0.05, 0) is 13.0 Å². The maximum atomic E-state index is 4.12. The van der Waals surface area contributed by atoms with E-state index in [1.54, 1.807) is 12.4 Å². The van der Waals surface area contributed by atoms with Gasteiger partial charge in [-0.2, -0.15) is 5.10 Å². The van der Waals surface area contributed by atoms with Crippen molar-refractivity contribution in [2.45, 2.75) is 34.6 Å². The minimum absolute atomic E-state index is 1.02. The van der Waals surface area contributed by atoms with Crippen LogP contribution in [0, 0.1) is 6.92 Å². The summed E-state index contributed by atoms with van der Waals surface area (Å²) in [6.45, 7) is 9.97. The fraction of sp³-hybridized carbons (Fsp3) is 0.455. The van der Waals surface area contributed by atoms with Crippen molar-refractivity contribution in [3.63, 3.8) is 0 Å². The Balaban J connectivity index is 0.000000379. The standard InChI is InChI=1S/C7H7N3.2C2H6/c1-5-6-4-9-10-7(6)2-3-8-5;2*1-2/h2-4H,1H3,(H,9,10);2*1-2H3. The minimum Gasteiger partial charge on any atom is -0.278 e. The van der Waals surface area contributed by atoms with Gasteiger partial charge in [0.2, 0.25) is 0 Å². The predicted molar refractivity (Wildman–Crippen MR) is 61.3 cm³/mol. The topological polar surface area (TPSA) is 41.6 Å². The highest BCUT2D eigenvalue weighted by Crippen LogP contribution is 2.10. The second kappa shape index (κ2) is 7.06. The molecule has 0 amide bonds. The Morgan fingerprint density at radius 3 is 2.36 bits per heavy atom. The van der Waals surface area contributed by atoms with Gasteiger partial charge < -0.3 is 0 Å². The number of hydrogen-bond donors (Lipinski definition) is 1. The van der Waals surface area contributed by atoms with Crippen molar-refractivity contribution >= 4 is 10.9 Å². The predicted octanol–water partition coefficient (Wildman–Crippen LogP) is 3.32. The van der Waals surface area contributed by atoms with Gasteiger partial charge in [0.05, 0.1) is 11.7 Å². The van der Waals surface area contributed by atoms with E-state index in [9.17, 15) is 0 Å². The van der Waals surface area contributed by atoms with E-state index in [1.807, 2.05) is 40.7 Å². The van der Waals surface area contributed by atoms with E-state index in [1.165, 1.54) is 0 Å². The number of H-pyrrole nitrogens is 1. The highest BCUT2D eigenvalue weighted by Gasteiger charge is 1.96. The Morgan fingerprint density at radius 1 is 1.14 bits per heavy atom. The Kier molecular flexibility index (Phi) is 6.37. The number of aryl methyl sites for hydroxylation is 1. The normalized spacial score (nSPS) is 8.36. The van der Waals surface area contributed by atoms with Gasteiger partial charge in [0.25, 0.3) is 0 Å². The maximum Gasteiger partial charge on any atom is 0.0683 e. The zero-order chi connectivity index (χ0) is 11.0. The Bertz CT molecular complexity index is 352. The zero-order valence-corrected chi connectivity index (χ0v) is 9.63. The van der Waals surface area contributed by atoms with Crippen LogP contribution in [0.4, 0.5) is 0 Å². The first-order chi connectivity index (χ1) is 6.88. The van der Waals surface area contributed by atoms with E-state index in [2.05, 4.69) is 15.2 Å². The molecule has 0 atom stereocenters. The van der Waals surface area contributed by atoms with Gasteiger partial charge >= 0.3 is 0 Å². The lowest BCUT2D eigenvalue weighted by Crippen LogP contribution is -1.78. The fourth-order valence-electron chi connectivity index (χ4n) is 1.00. The minimum atomic E-state index is 1.02. The third-order valence-corrected chi connectivity index (χ3v) is 1.57. The van der Waals surface area contributed by atoms with Gasteiger partial charge in [-0.3, -0.25) is 10.1 Å². The molecule has 0 saturated carbocycles. The number of fused-ring (bicyclic) bond motifs is 1. The van der Waals surface area contributed by atoms with E-state index >= 15 is 0 Å². The van der Waals surface area contributed by atoms with Crippen LogP contribution in [0.5, 0.6) is 0 Å². The van der Waals surface area contributed by atoms with Crippen molar-refractivity contribution in [1.82, 2.24) is 15.2 Å². The molecular weight excluding hydrogens is 174 g/mol. The van der Waals surface area contributed by atoms with Crippen LogP contribution in [0.1, 0.15) is 33.4 Å². The van der Waals surface area contributed by atoms with Crippen molar-refractivity contribution in [1.29, 1.82) is 0 Å². The maximum absolute atomic E-state index is 4.12. The van der Waals surface area contributed by atoms with Gasteiger partial charge in [0.15, 0.2) is 0 Å². The fourth-order valence-corrected chi connectivity index (χ4v) is 1.00. The second-order valence-electron chi connectivity index (χ2n) is 2.23. The van der Waals surface area contributed by atoms with Gasteiger partial charge in [0.1, 0.15) is 0 Å². The van der Waals surface area contributed by atoms with Gasteiger partial charge in [0, 0.05) is 17.3 Å². The summed E-state index contributed by atoms with van der Waals surface area (Å²) < 4.78 is 0. The number of nitrogens with one attached hydrogen (secondary N) is 1. The van der Waals surface area contributed by atoms with E-state index in [0.29, 0.717) is 0 Å². The van der Waals surface area contributed by atoms with Crippen LogP contribution >= 0.6 is 0 Å². The van der Waals surface area contributed by atoms with Gasteiger partial charge in [-0.15, -0.1) is 0 Å². The Morgan fingerprint density at radius 2 is 1.79 bits per heavy atom. The molecule has 2 aromatic heterocycles. The molecule has 0 fully saturated rings. The second-order valence-corrected chi connectivity index (χ2v) is 2.23. The summed E-state index contributed by atoms with van der Waals surface area (Å²) in [5.41, 5.74) is 2.07. The van der Waals surface area contributed by atoms with Crippen molar-refractivity contribution in [3.05, 3.63) is 24.2 Å². The lowest BCUT2D eigenvalue weighted by molar-refractivity contribution is 1.12. The number of aromatic amines is 1. The highest BCUT2D eigenvalue weighted by molar-refractivity contribution is 5.79. The molecular formula is C11H19N3. The highest BCUT2D eigenvalue weighted by atomic mass is 15.1. The van der Waals surface area contributed by atoms with E-state index in [0.717, 1.165) is 16.6 Å². The zero-order valence-electron chi connectivity index (χ0n) is 9.63. The van der Waals surface area contributed by atoms with Gasteiger partial charge in [-0.1, -0.05) is 27.7 Å². The van der Waals surface area contributed by atoms with E-state index in [4.69, 9.17) is 0 Å². The molecule has 14 heavy (non-hydrogen) atoms. The summed E-state index contributed by atoms with van der Waals surface area (Å²) in [5.74, 6) is 0. The van der Waals surface area contributed by atoms with E-state index < -0.39 is 0 Å². The molecule has 2 heterocycles. The monoisotopic (exact) mass is 193 g/mol. The summed E-state index contributed by atoms with van der Waals surface area (Å²) in [6.07, 6.45) is 3.56. The molecule has 78 valence electrons. The summed E-state index contributed by atoms with van der Waals surface area (Å²) in [4.78, 5) is 4.12. The average molecular weight is 193 g/mol. The number of aromatic nitrogens is 3. The number of nitrogens with zero attached hydrogens (tertiary/aromatic N) is 2. The average Bonchev–Trinajstić information content (AvgIpc) is 2.73. The third kappa shape index (κ3) is 2.83. The molecule has 1 N–H and O–H groups in total. The summed E-state index contributed by atoms with van der Waals surface area (Å²) >= 11 is 0. The Labute approximate surface area is 85.6 Å². The molecule has 0 saturated heterocycles. The van der Waals surface area contributed by atoms with Gasteiger partial charge in [-0.25, -0.2) is 0 Å². The van der Waals surface area contributed by atoms with Crippen LogP contribution in [0.15, 0.2) is 18.5 Å².